The van der Waals surface area contributed by atoms with Crippen LogP contribution in [0.1, 0.15) is 0 Å². The maximum Gasteiger partial charge on any atom is 0.318 e. The van der Waals surface area contributed by atoms with Crippen molar-refractivity contribution in [1.82, 2.24) is 0 Å². The van der Waals surface area contributed by atoms with Gasteiger partial charge in [-0.3, -0.25) is 9.09 Å². The molecular formula is C7H8ClO6PS. The van der Waals surface area contributed by atoms with Crippen molar-refractivity contribution in [3.05, 3.63) is 29.3 Å². The van der Waals surface area contributed by atoms with E-state index in [9.17, 15) is 13.0 Å². The zero-order valence-corrected chi connectivity index (χ0v) is 10.4. The smallest absolute Gasteiger partial charge is 0.318 e. The van der Waals surface area contributed by atoms with Gasteiger partial charge in [0.2, 0.25) is 0 Å². The van der Waals surface area contributed by atoms with Gasteiger partial charge in [0.05, 0.1) is 5.02 Å². The Morgan fingerprint density at radius 3 is 2.56 bits per heavy atom. The fourth-order valence-electron chi connectivity index (χ4n) is 0.849. The molecule has 1 N–H and O–H groups in total. The fraction of sp³-hybridized carbons (Fsp3) is 0.143. The Kier molecular flexibility index (Phi) is 4.91. The van der Waals surface area contributed by atoms with Crippen molar-refractivity contribution >= 4 is 30.0 Å². The van der Waals surface area contributed by atoms with Gasteiger partial charge >= 0.3 is 18.4 Å². The van der Waals surface area contributed by atoms with Crippen LogP contribution in [0, 0.1) is 0 Å². The van der Waals surface area contributed by atoms with E-state index < -0.39 is 25.2 Å². The molecule has 0 spiro atoms. The van der Waals surface area contributed by atoms with Crippen LogP contribution in [0.15, 0.2) is 29.2 Å². The molecule has 16 heavy (non-hydrogen) atoms. The van der Waals surface area contributed by atoms with E-state index in [1.807, 2.05) is 0 Å². The summed E-state index contributed by atoms with van der Waals surface area (Å²) in [5.74, 6) is 0. The van der Waals surface area contributed by atoms with Crippen LogP contribution in [0.25, 0.3) is 0 Å². The molecule has 1 atom stereocenters. The molecule has 1 aromatic carbocycles. The first kappa shape index (κ1) is 13.6. The molecule has 0 amide bonds. The summed E-state index contributed by atoms with van der Waals surface area (Å²) >= 11 is 5.65. The van der Waals surface area contributed by atoms with Crippen molar-refractivity contribution in [2.75, 3.05) is 6.79 Å². The molecule has 1 unspecified atom stereocenters. The van der Waals surface area contributed by atoms with Gasteiger partial charge in [-0.1, -0.05) is 23.7 Å². The number of benzene rings is 1. The third kappa shape index (κ3) is 3.86. The summed E-state index contributed by atoms with van der Waals surface area (Å²) in [5, 5.41) is -0.000786. The summed E-state index contributed by atoms with van der Waals surface area (Å²) in [6.45, 7) is -0.831. The van der Waals surface area contributed by atoms with Crippen molar-refractivity contribution in [1.29, 1.82) is 0 Å². The molecule has 0 bridgehead atoms. The van der Waals surface area contributed by atoms with E-state index in [1.54, 1.807) is 6.07 Å². The maximum atomic E-state index is 11.5. The molecule has 0 aliphatic rings. The second kappa shape index (κ2) is 5.77. The van der Waals surface area contributed by atoms with Crippen LogP contribution in [0.4, 0.5) is 0 Å². The molecule has 6 nitrogen and oxygen atoms in total. The van der Waals surface area contributed by atoms with Crippen LogP contribution in [0.5, 0.6) is 0 Å². The Balaban J connectivity index is 2.79. The van der Waals surface area contributed by atoms with Crippen molar-refractivity contribution < 1.29 is 26.6 Å². The minimum atomic E-state index is -4.08. The van der Waals surface area contributed by atoms with Gasteiger partial charge in [-0.2, -0.15) is 8.42 Å². The van der Waals surface area contributed by atoms with Crippen LogP contribution < -0.4 is 0 Å². The van der Waals surface area contributed by atoms with Gasteiger partial charge in [0.25, 0.3) is 0 Å². The van der Waals surface area contributed by atoms with E-state index in [1.165, 1.54) is 18.2 Å². The quantitative estimate of drug-likeness (QED) is 0.500. The van der Waals surface area contributed by atoms with Gasteiger partial charge in [0, 0.05) is 0 Å². The van der Waals surface area contributed by atoms with Crippen LogP contribution >= 0.6 is 19.9 Å². The molecule has 0 saturated heterocycles. The van der Waals surface area contributed by atoms with Crippen LogP contribution in [-0.4, -0.2) is 20.1 Å². The highest BCUT2D eigenvalue weighted by Crippen LogP contribution is 2.23. The largest absolute Gasteiger partial charge is 0.326 e. The summed E-state index contributed by atoms with van der Waals surface area (Å²) in [6.07, 6.45) is 0. The van der Waals surface area contributed by atoms with Crippen LogP contribution in [0.3, 0.4) is 0 Å². The molecule has 0 heterocycles. The van der Waals surface area contributed by atoms with Gasteiger partial charge in [-0.05, 0) is 12.1 Å². The first-order valence-corrected chi connectivity index (χ1v) is 6.98. The molecule has 0 radical (unpaired) electrons. The molecule has 0 saturated carbocycles. The average molecular weight is 287 g/mol. The van der Waals surface area contributed by atoms with E-state index >= 15 is 0 Å². The molecule has 0 aliphatic carbocycles. The number of hydrogen-bond donors (Lipinski definition) is 1. The summed E-state index contributed by atoms with van der Waals surface area (Å²) in [4.78, 5) is 8.07. The highest BCUT2D eigenvalue weighted by atomic mass is 35.5. The summed E-state index contributed by atoms with van der Waals surface area (Å²) in [6, 6.07) is 5.66. The van der Waals surface area contributed by atoms with Gasteiger partial charge in [0.1, 0.15) is 4.90 Å². The lowest BCUT2D eigenvalue weighted by Crippen LogP contribution is -2.08. The topological polar surface area (TPSA) is 89.9 Å². The summed E-state index contributed by atoms with van der Waals surface area (Å²) in [5.41, 5.74) is 0. The van der Waals surface area contributed by atoms with E-state index in [-0.39, 0.29) is 9.92 Å². The minimum Gasteiger partial charge on any atom is -0.326 e. The first-order chi connectivity index (χ1) is 7.43. The Labute approximate surface area is 97.8 Å². The Bertz CT molecular complexity index is 487. The van der Waals surface area contributed by atoms with Crippen molar-refractivity contribution in [3.63, 3.8) is 0 Å². The number of rotatable bonds is 5. The maximum absolute atomic E-state index is 11.5. The first-order valence-electron chi connectivity index (χ1n) is 3.93. The predicted octanol–water partition coefficient (Wildman–Crippen LogP) is 1.40. The van der Waals surface area contributed by atoms with Crippen molar-refractivity contribution in [3.8, 4) is 0 Å². The molecule has 0 aliphatic heterocycles. The third-order valence-corrected chi connectivity index (χ3v) is 3.60. The standard InChI is InChI=1S/C7H8ClO6PS/c8-6-3-1-2-4-7(6)16(11,12)14-5-13-15(9)10/h1-4,15H,5H2,(H,9,10). The minimum absolute atomic E-state index is 0.000786. The Morgan fingerprint density at radius 1 is 1.38 bits per heavy atom. The monoisotopic (exact) mass is 286 g/mol. The molecule has 1 aromatic rings. The zero-order chi connectivity index (χ0) is 12.2. The van der Waals surface area contributed by atoms with Crippen molar-refractivity contribution in [2.45, 2.75) is 4.90 Å². The van der Waals surface area contributed by atoms with Gasteiger partial charge in [-0.25, -0.2) is 4.18 Å². The van der Waals surface area contributed by atoms with E-state index in [0.717, 1.165) is 0 Å². The highest BCUT2D eigenvalue weighted by Gasteiger charge is 2.18. The van der Waals surface area contributed by atoms with E-state index in [2.05, 4.69) is 8.71 Å². The second-order valence-electron chi connectivity index (χ2n) is 2.53. The molecule has 0 aromatic heterocycles. The predicted molar refractivity (Wildman–Crippen MR) is 56.9 cm³/mol. The summed E-state index contributed by atoms with van der Waals surface area (Å²) < 4.78 is 41.5. The van der Waals surface area contributed by atoms with Gasteiger partial charge in [-0.15, -0.1) is 0 Å². The second-order valence-corrected chi connectivity index (χ2v) is 5.34. The fourth-order valence-corrected chi connectivity index (χ4v) is 2.37. The Morgan fingerprint density at radius 2 is 2.00 bits per heavy atom. The van der Waals surface area contributed by atoms with Crippen molar-refractivity contribution in [2.24, 2.45) is 0 Å². The number of halogens is 1. The van der Waals surface area contributed by atoms with Gasteiger partial charge < -0.3 is 4.89 Å². The van der Waals surface area contributed by atoms with Crippen LogP contribution in [0.2, 0.25) is 5.02 Å². The lowest BCUT2D eigenvalue weighted by atomic mass is 10.4. The lowest BCUT2D eigenvalue weighted by molar-refractivity contribution is 0.121. The van der Waals surface area contributed by atoms with Crippen LogP contribution in [-0.2, 0) is 23.4 Å². The molecule has 9 heteroatoms. The Hall–Kier alpha value is -0.430. The molecule has 1 rings (SSSR count). The molecule has 90 valence electrons. The normalized spacial score (nSPS) is 13.6. The molecular weight excluding hydrogens is 279 g/mol. The SMILES string of the molecule is O=[PH](O)OCOS(=O)(=O)c1ccccc1Cl. The average Bonchev–Trinajstić information content (AvgIpc) is 2.17. The zero-order valence-electron chi connectivity index (χ0n) is 7.79. The van der Waals surface area contributed by atoms with E-state index in [4.69, 9.17) is 16.5 Å². The lowest BCUT2D eigenvalue weighted by Gasteiger charge is -2.05. The molecule has 0 fully saturated rings. The number of hydrogen-bond acceptors (Lipinski definition) is 5. The third-order valence-electron chi connectivity index (χ3n) is 1.49. The highest BCUT2D eigenvalue weighted by molar-refractivity contribution is 7.86. The van der Waals surface area contributed by atoms with Gasteiger partial charge in [0.15, 0.2) is 6.79 Å². The summed E-state index contributed by atoms with van der Waals surface area (Å²) in [7, 11) is -7.30. The van der Waals surface area contributed by atoms with E-state index in [0.29, 0.717) is 0 Å².